The van der Waals surface area contributed by atoms with Gasteiger partial charge in [0.15, 0.2) is 6.04 Å². The van der Waals surface area contributed by atoms with E-state index < -0.39 is 12.2 Å². The van der Waals surface area contributed by atoms with Gasteiger partial charge in [-0.15, -0.1) is 0 Å². The Hall–Kier alpha value is -1.33. The SMILES string of the molecule is FC(F)(F)C1CN2C=CC=NC2=N1. The maximum atomic E-state index is 12.2. The van der Waals surface area contributed by atoms with Crippen molar-refractivity contribution in [1.29, 1.82) is 0 Å². The van der Waals surface area contributed by atoms with Crippen molar-refractivity contribution in [3.63, 3.8) is 0 Å². The van der Waals surface area contributed by atoms with Crippen LogP contribution in [0.4, 0.5) is 13.2 Å². The van der Waals surface area contributed by atoms with Gasteiger partial charge in [-0.2, -0.15) is 13.2 Å². The normalized spacial score (nSPS) is 26.2. The van der Waals surface area contributed by atoms with Gasteiger partial charge >= 0.3 is 6.18 Å². The largest absolute Gasteiger partial charge is 0.412 e. The lowest BCUT2D eigenvalue weighted by molar-refractivity contribution is -0.145. The number of alkyl halides is 3. The topological polar surface area (TPSA) is 28.0 Å². The second-order valence-corrected chi connectivity index (χ2v) is 2.76. The van der Waals surface area contributed by atoms with Crippen LogP contribution in [0.25, 0.3) is 0 Å². The van der Waals surface area contributed by atoms with Gasteiger partial charge in [-0.25, -0.2) is 9.98 Å². The van der Waals surface area contributed by atoms with E-state index in [0.29, 0.717) is 0 Å². The summed E-state index contributed by atoms with van der Waals surface area (Å²) in [5, 5.41) is 0. The Balaban J connectivity index is 2.21. The van der Waals surface area contributed by atoms with Crippen molar-refractivity contribution >= 4 is 12.2 Å². The lowest BCUT2D eigenvalue weighted by atomic mass is 10.3. The van der Waals surface area contributed by atoms with E-state index >= 15 is 0 Å². The quantitative estimate of drug-likeness (QED) is 0.562. The molecule has 0 amide bonds. The molecule has 0 aromatic heterocycles. The summed E-state index contributed by atoms with van der Waals surface area (Å²) >= 11 is 0. The first-order valence-electron chi connectivity index (χ1n) is 3.69. The highest BCUT2D eigenvalue weighted by Crippen LogP contribution is 2.28. The highest BCUT2D eigenvalue weighted by Gasteiger charge is 2.44. The fourth-order valence-corrected chi connectivity index (χ4v) is 1.19. The van der Waals surface area contributed by atoms with E-state index in [1.807, 2.05) is 0 Å². The molecular formula is C7H6F3N3. The summed E-state index contributed by atoms with van der Waals surface area (Å²) in [5.41, 5.74) is 0. The Bertz CT molecular complexity index is 303. The van der Waals surface area contributed by atoms with Gasteiger partial charge in [-0.3, -0.25) is 0 Å². The van der Waals surface area contributed by atoms with Crippen LogP contribution < -0.4 is 0 Å². The van der Waals surface area contributed by atoms with Crippen LogP contribution in [-0.4, -0.2) is 35.8 Å². The highest BCUT2D eigenvalue weighted by atomic mass is 19.4. The maximum absolute atomic E-state index is 12.2. The van der Waals surface area contributed by atoms with Crippen LogP contribution in [0.15, 0.2) is 22.3 Å². The number of hydrogen-bond acceptors (Lipinski definition) is 3. The summed E-state index contributed by atoms with van der Waals surface area (Å²) < 4.78 is 36.6. The van der Waals surface area contributed by atoms with Gasteiger partial charge in [-0.05, 0) is 6.08 Å². The molecule has 1 atom stereocenters. The summed E-state index contributed by atoms with van der Waals surface area (Å²) in [6.07, 6.45) is 0.275. The van der Waals surface area contributed by atoms with Crippen LogP contribution in [0.2, 0.25) is 0 Å². The molecule has 0 saturated heterocycles. The van der Waals surface area contributed by atoms with Gasteiger partial charge in [-0.1, -0.05) is 0 Å². The minimum Gasteiger partial charge on any atom is -0.315 e. The average Bonchev–Trinajstić information content (AvgIpc) is 2.45. The molecule has 0 fully saturated rings. The van der Waals surface area contributed by atoms with E-state index in [2.05, 4.69) is 9.98 Å². The third-order valence-electron chi connectivity index (χ3n) is 1.82. The summed E-state index contributed by atoms with van der Waals surface area (Å²) in [6.45, 7) is -0.160. The van der Waals surface area contributed by atoms with Crippen molar-refractivity contribution in [3.8, 4) is 0 Å². The van der Waals surface area contributed by atoms with Gasteiger partial charge < -0.3 is 4.90 Å². The summed E-state index contributed by atoms with van der Waals surface area (Å²) in [4.78, 5) is 8.56. The molecule has 0 saturated carbocycles. The van der Waals surface area contributed by atoms with E-state index in [0.717, 1.165) is 0 Å². The molecule has 2 aliphatic heterocycles. The van der Waals surface area contributed by atoms with Crippen LogP contribution >= 0.6 is 0 Å². The molecular weight excluding hydrogens is 183 g/mol. The zero-order valence-corrected chi connectivity index (χ0v) is 6.49. The third-order valence-corrected chi connectivity index (χ3v) is 1.82. The van der Waals surface area contributed by atoms with Gasteiger partial charge in [0.05, 0.1) is 6.54 Å². The van der Waals surface area contributed by atoms with Gasteiger partial charge in [0, 0.05) is 12.4 Å². The van der Waals surface area contributed by atoms with Crippen LogP contribution in [0.3, 0.4) is 0 Å². The Labute approximate surface area is 72.3 Å². The molecule has 1 unspecified atom stereocenters. The van der Waals surface area contributed by atoms with Crippen LogP contribution in [0.1, 0.15) is 0 Å². The van der Waals surface area contributed by atoms with Crippen LogP contribution in [-0.2, 0) is 0 Å². The summed E-state index contributed by atoms with van der Waals surface area (Å²) in [6, 6.07) is -1.64. The van der Waals surface area contributed by atoms with Crippen molar-refractivity contribution in [2.45, 2.75) is 12.2 Å². The van der Waals surface area contributed by atoms with E-state index in [1.165, 1.54) is 17.3 Å². The molecule has 13 heavy (non-hydrogen) atoms. The molecule has 6 heteroatoms. The van der Waals surface area contributed by atoms with Crippen molar-refractivity contribution < 1.29 is 13.2 Å². The second-order valence-electron chi connectivity index (χ2n) is 2.76. The lowest BCUT2D eigenvalue weighted by Gasteiger charge is -2.15. The van der Waals surface area contributed by atoms with E-state index in [9.17, 15) is 13.2 Å². The highest BCUT2D eigenvalue weighted by molar-refractivity contribution is 5.95. The molecule has 70 valence electrons. The average molecular weight is 189 g/mol. The zero-order chi connectivity index (χ0) is 9.47. The molecule has 0 spiro atoms. The first-order valence-corrected chi connectivity index (χ1v) is 3.69. The standard InChI is InChI=1S/C7H6F3N3/c8-7(9,10)5-4-13-3-1-2-11-6(13)12-5/h1-3,5H,4H2. The molecule has 2 aliphatic rings. The van der Waals surface area contributed by atoms with Gasteiger partial charge in [0.2, 0.25) is 5.96 Å². The second kappa shape index (κ2) is 2.58. The van der Waals surface area contributed by atoms with Crippen molar-refractivity contribution in [2.75, 3.05) is 6.54 Å². The number of fused-ring (bicyclic) bond motifs is 1. The third kappa shape index (κ3) is 1.43. The minimum absolute atomic E-state index is 0.143. The molecule has 0 aliphatic carbocycles. The van der Waals surface area contributed by atoms with Crippen molar-refractivity contribution in [1.82, 2.24) is 4.90 Å². The Morgan fingerprint density at radius 2 is 2.23 bits per heavy atom. The predicted molar refractivity (Wildman–Crippen MR) is 41.6 cm³/mol. The van der Waals surface area contributed by atoms with Crippen LogP contribution in [0, 0.1) is 0 Å². The number of allylic oxidation sites excluding steroid dienone is 1. The number of rotatable bonds is 0. The molecule has 0 aromatic rings. The van der Waals surface area contributed by atoms with Gasteiger partial charge in [0.25, 0.3) is 0 Å². The van der Waals surface area contributed by atoms with Gasteiger partial charge in [0.1, 0.15) is 0 Å². The number of halogens is 3. The fraction of sp³-hybridized carbons (Fsp3) is 0.429. The number of guanidine groups is 1. The van der Waals surface area contributed by atoms with E-state index in [-0.39, 0.29) is 12.5 Å². The van der Waals surface area contributed by atoms with Crippen LogP contribution in [0.5, 0.6) is 0 Å². The molecule has 0 N–H and O–H groups in total. The number of nitrogens with zero attached hydrogens (tertiary/aromatic N) is 3. The molecule has 0 radical (unpaired) electrons. The molecule has 0 aromatic carbocycles. The molecule has 2 heterocycles. The van der Waals surface area contributed by atoms with Crippen molar-refractivity contribution in [3.05, 3.63) is 12.3 Å². The number of hydrogen-bond donors (Lipinski definition) is 0. The minimum atomic E-state index is -4.27. The monoisotopic (exact) mass is 189 g/mol. The molecule has 3 nitrogen and oxygen atoms in total. The zero-order valence-electron chi connectivity index (χ0n) is 6.49. The smallest absolute Gasteiger partial charge is 0.315 e. The Kier molecular flexibility index (Phi) is 1.64. The molecule has 0 bridgehead atoms. The maximum Gasteiger partial charge on any atom is 0.412 e. The van der Waals surface area contributed by atoms with E-state index in [1.54, 1.807) is 6.08 Å². The molecule has 2 rings (SSSR count). The first kappa shape index (κ1) is 8.28. The Morgan fingerprint density at radius 3 is 2.85 bits per heavy atom. The lowest BCUT2D eigenvalue weighted by Crippen LogP contribution is -2.32. The Morgan fingerprint density at radius 1 is 1.46 bits per heavy atom. The van der Waals surface area contributed by atoms with E-state index in [4.69, 9.17) is 0 Å². The number of aliphatic imine (C=N–C) groups is 2. The summed E-state index contributed by atoms with van der Waals surface area (Å²) in [7, 11) is 0. The summed E-state index contributed by atoms with van der Waals surface area (Å²) in [5.74, 6) is 0.143. The predicted octanol–water partition coefficient (Wildman–Crippen LogP) is 1.19. The first-order chi connectivity index (χ1) is 6.07. The van der Waals surface area contributed by atoms with Crippen molar-refractivity contribution in [2.24, 2.45) is 9.98 Å². The fourth-order valence-electron chi connectivity index (χ4n) is 1.19.